The summed E-state index contributed by atoms with van der Waals surface area (Å²) in [5.41, 5.74) is 5.85. The van der Waals surface area contributed by atoms with Gasteiger partial charge in [0.05, 0.1) is 5.60 Å². The molecule has 198 valence electrons. The van der Waals surface area contributed by atoms with Crippen LogP contribution in [-0.2, 0) is 0 Å². The van der Waals surface area contributed by atoms with Crippen molar-refractivity contribution >= 4 is 0 Å². The molecular weight excluding hydrogens is 416 g/mol. The molecule has 4 saturated carbocycles. The Hall–Kier alpha value is -0.120. The van der Waals surface area contributed by atoms with Gasteiger partial charge in [0.2, 0.25) is 0 Å². The van der Waals surface area contributed by atoms with Crippen LogP contribution in [0.3, 0.4) is 0 Å². The van der Waals surface area contributed by atoms with Gasteiger partial charge in [-0.05, 0) is 112 Å². The molecular formula is C31H58N2O. The lowest BCUT2D eigenvalue weighted by Crippen LogP contribution is -2.70. The van der Waals surface area contributed by atoms with Crippen LogP contribution >= 0.6 is 0 Å². The maximum atomic E-state index is 12.3. The van der Waals surface area contributed by atoms with Crippen LogP contribution in [0.2, 0.25) is 0 Å². The number of hydrogen-bond donors (Lipinski definition) is 3. The van der Waals surface area contributed by atoms with Gasteiger partial charge in [0.15, 0.2) is 0 Å². The van der Waals surface area contributed by atoms with E-state index in [0.29, 0.717) is 11.3 Å². The van der Waals surface area contributed by atoms with E-state index >= 15 is 0 Å². The third kappa shape index (κ3) is 4.65. The molecule has 4 rings (SSSR count). The van der Waals surface area contributed by atoms with Gasteiger partial charge in [-0.3, -0.25) is 0 Å². The van der Waals surface area contributed by atoms with Crippen molar-refractivity contribution in [3.8, 4) is 0 Å². The first-order valence-corrected chi connectivity index (χ1v) is 15.3. The number of hydrogen-bond acceptors (Lipinski definition) is 3. The number of aliphatic hydroxyl groups is 1. The fourth-order valence-electron chi connectivity index (χ4n) is 10.2. The van der Waals surface area contributed by atoms with E-state index < -0.39 is 5.60 Å². The second-order valence-electron chi connectivity index (χ2n) is 14.2. The van der Waals surface area contributed by atoms with Crippen molar-refractivity contribution in [2.45, 2.75) is 136 Å². The Balaban J connectivity index is 1.53. The highest BCUT2D eigenvalue weighted by molar-refractivity contribution is 5.17. The molecule has 0 amide bonds. The summed E-state index contributed by atoms with van der Waals surface area (Å²) >= 11 is 0. The van der Waals surface area contributed by atoms with Crippen molar-refractivity contribution in [3.05, 3.63) is 0 Å². The van der Waals surface area contributed by atoms with Crippen molar-refractivity contribution in [2.75, 3.05) is 13.1 Å². The number of nitrogens with two attached hydrogens (primary N) is 1. The van der Waals surface area contributed by atoms with Crippen molar-refractivity contribution in [2.24, 2.45) is 52.1 Å². The SMILES string of the molecule is CC(C)CCC[C@@H](C)[C@H]1CC[C@H]2[C@@H]3C[C@@H](NCCCCN)[C@@]4(O)CCCC[C@]4(C)[C@H]3CC[C@]12C. The van der Waals surface area contributed by atoms with Crippen molar-refractivity contribution in [3.63, 3.8) is 0 Å². The summed E-state index contributed by atoms with van der Waals surface area (Å²) < 4.78 is 0. The Kier molecular flexibility index (Phi) is 8.48. The van der Waals surface area contributed by atoms with E-state index in [-0.39, 0.29) is 11.5 Å². The third-order valence-electron chi connectivity index (χ3n) is 12.1. The summed E-state index contributed by atoms with van der Waals surface area (Å²) in [7, 11) is 0. The molecule has 34 heavy (non-hydrogen) atoms. The van der Waals surface area contributed by atoms with Gasteiger partial charge in [0, 0.05) is 11.5 Å². The number of fused-ring (bicyclic) bond motifs is 5. The molecule has 9 atom stereocenters. The van der Waals surface area contributed by atoms with Crippen LogP contribution in [0.4, 0.5) is 0 Å². The van der Waals surface area contributed by atoms with Crippen LogP contribution in [0, 0.1) is 46.3 Å². The van der Waals surface area contributed by atoms with E-state index in [0.717, 1.165) is 61.9 Å². The molecule has 3 nitrogen and oxygen atoms in total. The predicted octanol–water partition coefficient (Wildman–Crippen LogP) is 6.92. The first kappa shape index (κ1) is 26.9. The minimum Gasteiger partial charge on any atom is -0.388 e. The number of rotatable bonds is 10. The summed E-state index contributed by atoms with van der Waals surface area (Å²) in [6, 6.07) is 0.265. The first-order chi connectivity index (χ1) is 16.2. The molecule has 4 fully saturated rings. The molecule has 0 unspecified atom stereocenters. The van der Waals surface area contributed by atoms with Crippen LogP contribution < -0.4 is 11.1 Å². The summed E-state index contributed by atoms with van der Waals surface area (Å²) in [6.07, 6.45) is 18.0. The quantitative estimate of drug-likeness (QED) is 0.301. The Morgan fingerprint density at radius 3 is 2.41 bits per heavy atom. The Morgan fingerprint density at radius 1 is 0.912 bits per heavy atom. The molecule has 0 aromatic heterocycles. The van der Waals surface area contributed by atoms with E-state index in [4.69, 9.17) is 5.73 Å². The molecule has 0 bridgehead atoms. The maximum absolute atomic E-state index is 12.3. The monoisotopic (exact) mass is 474 g/mol. The largest absolute Gasteiger partial charge is 0.388 e. The molecule has 0 saturated heterocycles. The second kappa shape index (κ2) is 10.7. The van der Waals surface area contributed by atoms with E-state index in [2.05, 4.69) is 39.9 Å². The van der Waals surface area contributed by atoms with Gasteiger partial charge in [-0.15, -0.1) is 0 Å². The molecule has 0 radical (unpaired) electrons. The second-order valence-corrected chi connectivity index (χ2v) is 14.2. The van der Waals surface area contributed by atoms with Crippen LogP contribution in [0.25, 0.3) is 0 Å². The van der Waals surface area contributed by atoms with Gasteiger partial charge in [-0.25, -0.2) is 0 Å². The molecule has 4 aliphatic carbocycles. The average Bonchev–Trinajstić information content (AvgIpc) is 3.14. The van der Waals surface area contributed by atoms with E-state index in [9.17, 15) is 5.11 Å². The number of nitrogens with one attached hydrogen (secondary N) is 1. The summed E-state index contributed by atoms with van der Waals surface area (Å²) in [6.45, 7) is 14.3. The Labute approximate surface area is 211 Å². The standard InChI is InChI=1S/C31H58N2O/c1-22(2)11-10-12-23(3)25-13-14-26-24-21-28(33-20-9-8-19-32)31(34)17-7-6-16-30(31,5)27(24)15-18-29(25,26)4/h22-28,33-34H,6-21,32H2,1-5H3/t23-,24+,25-,26+,27+,28-,29-,30-,31+/m1/s1. The smallest absolute Gasteiger partial charge is 0.0856 e. The van der Waals surface area contributed by atoms with E-state index in [1.54, 1.807) is 0 Å². The zero-order valence-electron chi connectivity index (χ0n) is 23.4. The minimum absolute atomic E-state index is 0.0853. The van der Waals surface area contributed by atoms with Crippen LogP contribution in [0.5, 0.6) is 0 Å². The molecule has 0 heterocycles. The molecule has 0 aromatic carbocycles. The van der Waals surface area contributed by atoms with Gasteiger partial charge in [-0.1, -0.05) is 66.7 Å². The molecule has 0 aromatic rings. The predicted molar refractivity (Wildman–Crippen MR) is 145 cm³/mol. The van der Waals surface area contributed by atoms with Crippen LogP contribution in [-0.4, -0.2) is 29.8 Å². The highest BCUT2D eigenvalue weighted by Crippen LogP contribution is 2.69. The summed E-state index contributed by atoms with van der Waals surface area (Å²) in [4.78, 5) is 0. The highest BCUT2D eigenvalue weighted by atomic mass is 16.3. The van der Waals surface area contributed by atoms with Crippen molar-refractivity contribution in [1.29, 1.82) is 0 Å². The van der Waals surface area contributed by atoms with Gasteiger partial charge < -0.3 is 16.2 Å². The van der Waals surface area contributed by atoms with Crippen molar-refractivity contribution in [1.82, 2.24) is 5.32 Å². The molecule has 0 aliphatic heterocycles. The minimum atomic E-state index is -0.523. The van der Waals surface area contributed by atoms with Gasteiger partial charge in [0.25, 0.3) is 0 Å². The fraction of sp³-hybridized carbons (Fsp3) is 1.00. The lowest BCUT2D eigenvalue weighted by molar-refractivity contribution is -0.220. The van der Waals surface area contributed by atoms with E-state index in [1.165, 1.54) is 70.6 Å². The average molecular weight is 475 g/mol. The lowest BCUT2D eigenvalue weighted by atomic mass is 9.42. The first-order valence-electron chi connectivity index (χ1n) is 15.3. The third-order valence-corrected chi connectivity index (χ3v) is 12.1. The normalized spacial score (nSPS) is 45.0. The van der Waals surface area contributed by atoms with Gasteiger partial charge in [-0.2, -0.15) is 0 Å². The lowest BCUT2D eigenvalue weighted by Gasteiger charge is -2.66. The maximum Gasteiger partial charge on any atom is 0.0856 e. The molecule has 3 heteroatoms. The van der Waals surface area contributed by atoms with Crippen LogP contribution in [0.1, 0.15) is 125 Å². The molecule has 4 N–H and O–H groups in total. The number of unbranched alkanes of at least 4 members (excludes halogenated alkanes) is 1. The van der Waals surface area contributed by atoms with Gasteiger partial charge >= 0.3 is 0 Å². The van der Waals surface area contributed by atoms with Gasteiger partial charge in [0.1, 0.15) is 0 Å². The summed E-state index contributed by atoms with van der Waals surface area (Å²) in [5, 5.41) is 16.2. The fourth-order valence-corrected chi connectivity index (χ4v) is 10.2. The Morgan fingerprint density at radius 2 is 1.68 bits per heavy atom. The molecule has 0 spiro atoms. The zero-order chi connectivity index (χ0) is 24.6. The highest BCUT2D eigenvalue weighted by Gasteiger charge is 2.66. The van der Waals surface area contributed by atoms with Crippen molar-refractivity contribution < 1.29 is 5.11 Å². The summed E-state index contributed by atoms with van der Waals surface area (Å²) in [5.74, 6) is 4.97. The van der Waals surface area contributed by atoms with E-state index in [1.807, 2.05) is 0 Å². The Bertz CT molecular complexity index is 666. The topological polar surface area (TPSA) is 58.3 Å². The zero-order valence-corrected chi connectivity index (χ0v) is 23.4. The molecule has 4 aliphatic rings. The van der Waals surface area contributed by atoms with Crippen LogP contribution in [0.15, 0.2) is 0 Å².